The zero-order chi connectivity index (χ0) is 12.3. The third kappa shape index (κ3) is 2.33. The highest BCUT2D eigenvalue weighted by atomic mass is 19.1. The number of halogens is 1. The van der Waals surface area contributed by atoms with E-state index >= 15 is 0 Å². The van der Waals surface area contributed by atoms with E-state index in [0.29, 0.717) is 6.07 Å². The fraction of sp³-hybridized carbons (Fsp3) is 0.300. The first kappa shape index (κ1) is 12.1. The Morgan fingerprint density at radius 1 is 1.56 bits per heavy atom. The molecule has 0 bridgehead atoms. The van der Waals surface area contributed by atoms with Crippen molar-refractivity contribution >= 4 is 11.7 Å². The summed E-state index contributed by atoms with van der Waals surface area (Å²) in [4.78, 5) is 21.1. The van der Waals surface area contributed by atoms with E-state index in [-0.39, 0.29) is 23.4 Å². The molecule has 0 N–H and O–H groups in total. The standard InChI is InChI=1S/C10H10FNO4/c1-3-16-10(13)9-6(2)4-7(12(14)15)5-8(9)11/h4-5H,3H2,1-2H3. The van der Waals surface area contributed by atoms with E-state index in [1.54, 1.807) is 6.92 Å². The number of rotatable bonds is 3. The number of carbonyl (C=O) groups excluding carboxylic acids is 1. The molecular formula is C10H10FNO4. The summed E-state index contributed by atoms with van der Waals surface area (Å²) < 4.78 is 18.1. The van der Waals surface area contributed by atoms with Crippen LogP contribution in [0, 0.1) is 22.9 Å². The zero-order valence-corrected chi connectivity index (χ0v) is 8.82. The van der Waals surface area contributed by atoms with Crippen molar-refractivity contribution in [1.29, 1.82) is 0 Å². The van der Waals surface area contributed by atoms with Crippen LogP contribution in [0.25, 0.3) is 0 Å². The normalized spacial score (nSPS) is 9.94. The van der Waals surface area contributed by atoms with Crippen molar-refractivity contribution in [2.75, 3.05) is 6.61 Å². The number of carbonyl (C=O) groups is 1. The van der Waals surface area contributed by atoms with Crippen LogP contribution >= 0.6 is 0 Å². The maximum absolute atomic E-state index is 13.4. The summed E-state index contributed by atoms with van der Waals surface area (Å²) in [5.41, 5.74) is -0.458. The number of nitro groups is 1. The Morgan fingerprint density at radius 2 is 2.19 bits per heavy atom. The third-order valence-corrected chi connectivity index (χ3v) is 1.96. The first-order valence-electron chi connectivity index (χ1n) is 4.59. The van der Waals surface area contributed by atoms with Gasteiger partial charge in [-0.05, 0) is 19.4 Å². The number of nitro benzene ring substituents is 1. The molecule has 1 rings (SSSR count). The van der Waals surface area contributed by atoms with Crippen molar-refractivity contribution in [3.05, 3.63) is 39.2 Å². The summed E-state index contributed by atoms with van der Waals surface area (Å²) >= 11 is 0. The Labute approximate surface area is 91.0 Å². The molecule has 0 aliphatic heterocycles. The minimum Gasteiger partial charge on any atom is -0.462 e. The molecule has 0 heterocycles. The first-order valence-corrected chi connectivity index (χ1v) is 4.59. The molecular weight excluding hydrogens is 217 g/mol. The Bertz CT molecular complexity index is 421. The molecule has 1 aromatic carbocycles. The fourth-order valence-electron chi connectivity index (χ4n) is 1.29. The molecule has 0 fully saturated rings. The van der Waals surface area contributed by atoms with Crippen LogP contribution in [0.4, 0.5) is 10.1 Å². The molecule has 0 unspecified atom stereocenters. The Morgan fingerprint density at radius 3 is 2.62 bits per heavy atom. The highest BCUT2D eigenvalue weighted by Crippen LogP contribution is 2.21. The van der Waals surface area contributed by atoms with Crippen molar-refractivity contribution < 1.29 is 18.8 Å². The topological polar surface area (TPSA) is 69.4 Å². The molecule has 0 aromatic heterocycles. The van der Waals surface area contributed by atoms with Gasteiger partial charge in [-0.2, -0.15) is 0 Å². The van der Waals surface area contributed by atoms with E-state index in [2.05, 4.69) is 4.74 Å². The summed E-state index contributed by atoms with van der Waals surface area (Å²) in [6, 6.07) is 1.84. The van der Waals surface area contributed by atoms with Crippen LogP contribution in [0.3, 0.4) is 0 Å². The minimum atomic E-state index is -0.940. The molecule has 86 valence electrons. The van der Waals surface area contributed by atoms with Crippen LogP contribution in [-0.2, 0) is 4.74 Å². The summed E-state index contributed by atoms with van der Waals surface area (Å²) in [6.45, 7) is 3.13. The van der Waals surface area contributed by atoms with E-state index in [9.17, 15) is 19.3 Å². The molecule has 16 heavy (non-hydrogen) atoms. The molecule has 5 nitrogen and oxygen atoms in total. The smallest absolute Gasteiger partial charge is 0.341 e. The van der Waals surface area contributed by atoms with Crippen molar-refractivity contribution in [2.45, 2.75) is 13.8 Å². The maximum Gasteiger partial charge on any atom is 0.341 e. The van der Waals surface area contributed by atoms with Gasteiger partial charge in [0.25, 0.3) is 5.69 Å². The number of esters is 1. The minimum absolute atomic E-state index is 0.120. The average molecular weight is 227 g/mol. The molecule has 0 saturated carbocycles. The lowest BCUT2D eigenvalue weighted by molar-refractivity contribution is -0.385. The van der Waals surface area contributed by atoms with Crippen molar-refractivity contribution in [2.24, 2.45) is 0 Å². The van der Waals surface area contributed by atoms with Crippen LogP contribution < -0.4 is 0 Å². The number of nitrogens with zero attached hydrogens (tertiary/aromatic N) is 1. The van der Waals surface area contributed by atoms with Gasteiger partial charge in [-0.3, -0.25) is 10.1 Å². The number of ether oxygens (including phenoxy) is 1. The van der Waals surface area contributed by atoms with Gasteiger partial charge in [-0.15, -0.1) is 0 Å². The quantitative estimate of drug-likeness (QED) is 0.451. The highest BCUT2D eigenvalue weighted by Gasteiger charge is 2.20. The Hall–Kier alpha value is -1.98. The van der Waals surface area contributed by atoms with Crippen LogP contribution in [0.2, 0.25) is 0 Å². The van der Waals surface area contributed by atoms with Crippen molar-refractivity contribution in [3.63, 3.8) is 0 Å². The first-order chi connectivity index (χ1) is 7.47. The monoisotopic (exact) mass is 227 g/mol. The Balaban J connectivity index is 3.22. The van der Waals surface area contributed by atoms with Gasteiger partial charge >= 0.3 is 5.97 Å². The van der Waals surface area contributed by atoms with Crippen LogP contribution in [0.1, 0.15) is 22.8 Å². The van der Waals surface area contributed by atoms with Crippen LogP contribution in [0.5, 0.6) is 0 Å². The lowest BCUT2D eigenvalue weighted by Gasteiger charge is -2.06. The molecule has 1 aromatic rings. The van der Waals surface area contributed by atoms with Gasteiger partial charge in [0, 0.05) is 6.07 Å². The summed E-state index contributed by atoms with van der Waals surface area (Å²) in [6.07, 6.45) is 0. The van der Waals surface area contributed by atoms with E-state index in [4.69, 9.17) is 0 Å². The molecule has 0 aliphatic carbocycles. The van der Waals surface area contributed by atoms with Crippen molar-refractivity contribution in [3.8, 4) is 0 Å². The second kappa shape index (κ2) is 4.69. The third-order valence-electron chi connectivity index (χ3n) is 1.96. The van der Waals surface area contributed by atoms with E-state index in [0.717, 1.165) is 6.07 Å². The number of hydrogen-bond acceptors (Lipinski definition) is 4. The van der Waals surface area contributed by atoms with Gasteiger partial charge in [0.2, 0.25) is 0 Å². The molecule has 0 radical (unpaired) electrons. The maximum atomic E-state index is 13.4. The molecule has 0 atom stereocenters. The Kier molecular flexibility index (Phi) is 3.55. The molecule has 0 spiro atoms. The predicted molar refractivity (Wildman–Crippen MR) is 53.7 cm³/mol. The van der Waals surface area contributed by atoms with Crippen molar-refractivity contribution in [1.82, 2.24) is 0 Å². The largest absolute Gasteiger partial charge is 0.462 e. The lowest BCUT2D eigenvalue weighted by Crippen LogP contribution is -2.10. The molecule has 0 amide bonds. The predicted octanol–water partition coefficient (Wildman–Crippen LogP) is 2.22. The number of hydrogen-bond donors (Lipinski definition) is 0. The number of benzene rings is 1. The van der Waals surface area contributed by atoms with E-state index in [1.807, 2.05) is 0 Å². The second-order valence-corrected chi connectivity index (χ2v) is 3.10. The SMILES string of the molecule is CCOC(=O)c1c(C)cc([N+](=O)[O-])cc1F. The summed E-state index contributed by atoms with van der Waals surface area (Å²) in [7, 11) is 0. The van der Waals surface area contributed by atoms with Crippen LogP contribution in [0.15, 0.2) is 12.1 Å². The average Bonchev–Trinajstić information content (AvgIpc) is 2.16. The molecule has 6 heteroatoms. The highest BCUT2D eigenvalue weighted by molar-refractivity contribution is 5.91. The molecule has 0 aliphatic rings. The van der Waals surface area contributed by atoms with Crippen LogP contribution in [-0.4, -0.2) is 17.5 Å². The van der Waals surface area contributed by atoms with E-state index < -0.39 is 16.7 Å². The number of non-ortho nitro benzene ring substituents is 1. The lowest BCUT2D eigenvalue weighted by atomic mass is 10.1. The zero-order valence-electron chi connectivity index (χ0n) is 8.82. The number of aryl methyl sites for hydroxylation is 1. The van der Waals surface area contributed by atoms with Gasteiger partial charge in [-0.1, -0.05) is 0 Å². The second-order valence-electron chi connectivity index (χ2n) is 3.10. The van der Waals surface area contributed by atoms with Gasteiger partial charge in [0.05, 0.1) is 23.2 Å². The van der Waals surface area contributed by atoms with Gasteiger partial charge in [0.15, 0.2) is 0 Å². The van der Waals surface area contributed by atoms with E-state index in [1.165, 1.54) is 6.92 Å². The van der Waals surface area contributed by atoms with Gasteiger partial charge in [0.1, 0.15) is 5.82 Å². The van der Waals surface area contributed by atoms with Gasteiger partial charge in [-0.25, -0.2) is 9.18 Å². The summed E-state index contributed by atoms with van der Waals surface area (Å²) in [5, 5.41) is 10.4. The van der Waals surface area contributed by atoms with Gasteiger partial charge < -0.3 is 4.74 Å². The fourth-order valence-corrected chi connectivity index (χ4v) is 1.29. The molecule has 0 saturated heterocycles. The summed E-state index contributed by atoms with van der Waals surface area (Å²) in [5.74, 6) is -1.75.